The molecule has 604 valence electrons. The molecule has 1 saturated heterocycles. The molecule has 1 fully saturated rings. The van der Waals surface area contributed by atoms with Crippen LogP contribution in [0.3, 0.4) is 0 Å². The van der Waals surface area contributed by atoms with Gasteiger partial charge in [0.05, 0.1) is 21.5 Å². The Morgan fingerprint density at radius 2 is 1.09 bits per heavy atom. The summed E-state index contributed by atoms with van der Waals surface area (Å²) < 4.78 is 31.7. The number of benzene rings is 2. The summed E-state index contributed by atoms with van der Waals surface area (Å²) >= 11 is 1.26. The lowest BCUT2D eigenvalue weighted by molar-refractivity contribution is -0.393. The number of primary amides is 1. The summed E-state index contributed by atoms with van der Waals surface area (Å²) in [5.74, 6) is -16.9. The van der Waals surface area contributed by atoms with Crippen molar-refractivity contribution in [2.45, 2.75) is 171 Å². The predicted octanol–water partition coefficient (Wildman–Crippen LogP) is -2.65. The number of thioether (sulfide) groups is 1. The number of nitrogens with one attached hydrogen (secondary N) is 10. The fourth-order valence-electron chi connectivity index (χ4n) is 10.3. The van der Waals surface area contributed by atoms with Crippen LogP contribution in [-0.4, -0.2) is 230 Å². The molecule has 0 bridgehead atoms. The Balaban J connectivity index is 0.00000547. The summed E-state index contributed by atoms with van der Waals surface area (Å²) in [5.41, 5.74) is 32.4. The van der Waals surface area contributed by atoms with Gasteiger partial charge in [-0.25, -0.2) is 4.79 Å². The number of nitro benzene ring substituents is 2. The summed E-state index contributed by atoms with van der Waals surface area (Å²) in [5, 5.41) is 74.9. The number of nitrogen functional groups attached to an aromatic ring is 1. The van der Waals surface area contributed by atoms with Crippen LogP contribution in [0.1, 0.15) is 121 Å². The van der Waals surface area contributed by atoms with Crippen molar-refractivity contribution in [1.82, 2.24) is 52.8 Å². The van der Waals surface area contributed by atoms with Gasteiger partial charge in [0, 0.05) is 63.7 Å². The van der Waals surface area contributed by atoms with Crippen LogP contribution in [0, 0.1) is 26.1 Å². The minimum Gasteiger partial charge on any atom is -0.481 e. The molecule has 1 heterocycles. The van der Waals surface area contributed by atoms with E-state index in [4.69, 9.17) is 44.3 Å². The molecule has 2 aromatic carbocycles. The first kappa shape index (κ1) is 93.2. The van der Waals surface area contributed by atoms with Crippen molar-refractivity contribution >= 4 is 129 Å². The Morgan fingerprint density at radius 1 is 0.624 bits per heavy atom. The zero-order chi connectivity index (χ0) is 82.4. The molecule has 109 heavy (non-hydrogen) atoms. The van der Waals surface area contributed by atoms with Gasteiger partial charge in [0.15, 0.2) is 11.9 Å². The Bertz CT molecular complexity index is 3630. The third kappa shape index (κ3) is 34.0. The van der Waals surface area contributed by atoms with Gasteiger partial charge in [-0.1, -0.05) is 32.4 Å². The van der Waals surface area contributed by atoms with Crippen molar-refractivity contribution in [3.8, 4) is 0 Å². The molecule has 46 heteroatoms. The number of nitrogens with two attached hydrogens (primary N) is 6. The number of carboxylic acids is 3. The summed E-state index contributed by atoms with van der Waals surface area (Å²) in [6, 6.07) is -4.46. The maximum Gasteiger partial charge on any atom is 0.490 e. The van der Waals surface area contributed by atoms with Gasteiger partial charge in [-0.3, -0.25) is 92.5 Å². The topological polar surface area (TPSA) is 690 Å². The van der Waals surface area contributed by atoms with Crippen LogP contribution in [-0.2, 0) is 62.3 Å². The number of guanidine groups is 2. The van der Waals surface area contributed by atoms with Crippen LogP contribution in [0.25, 0.3) is 0 Å². The number of hydrogen-bond donors (Lipinski definition) is 19. The van der Waals surface area contributed by atoms with Crippen LogP contribution in [0.15, 0.2) is 52.4 Å². The number of nitro groups is 2. The van der Waals surface area contributed by atoms with Crippen LogP contribution in [0.4, 0.5) is 35.9 Å². The molecule has 0 saturated carbocycles. The molecule has 2 aromatic rings. The number of aliphatic imine (C=N–C) groups is 2. The SMILES string of the molecule is CC[C@H](C)[C@H](NC(=O)[C@H](CCC(=O)O)NC(=O)[C@H](CCC(=O)O)NC(=O)[C@@H]1CCCN1C(=O)[C@H](C)NC(=O)c1ccccc1N)C(=O)N[C@@H](CCSC)C(=O)N[C@@H](CCCN=C(N)N)C(=O)N[C@@H](CCCN=C(N)N)C(=O)N[C@@H](CCC(N)=O)C(=O)NCCNc1ccc([N+](=O)[O-])cc1[N+](=O)[O-].O=C(O)C(F)(F)F. The second-order valence-corrected chi connectivity index (χ2v) is 25.5. The highest BCUT2D eigenvalue weighted by Crippen LogP contribution is 2.29. The van der Waals surface area contributed by atoms with Crippen LogP contribution in [0.5, 0.6) is 0 Å². The number of para-hydroxylation sites is 1. The second-order valence-electron chi connectivity index (χ2n) is 24.5. The number of non-ortho nitro benzene ring substituents is 1. The lowest BCUT2D eigenvalue weighted by atomic mass is 9.96. The number of halogens is 3. The molecule has 1 aliphatic rings. The molecule has 3 rings (SSSR count). The Labute approximate surface area is 625 Å². The Kier molecular flexibility index (Phi) is 40.1. The third-order valence-corrected chi connectivity index (χ3v) is 16.8. The van der Waals surface area contributed by atoms with Crippen molar-refractivity contribution in [1.29, 1.82) is 0 Å². The normalized spacial score (nSPS) is 14.7. The number of aliphatic carboxylic acids is 3. The number of rotatable bonds is 46. The number of carbonyl (C=O) groups excluding carboxylic acids is 11. The van der Waals surface area contributed by atoms with Gasteiger partial charge in [-0.2, -0.15) is 24.9 Å². The first-order valence-electron chi connectivity index (χ1n) is 33.8. The minimum absolute atomic E-state index is 0.0176. The predicted molar refractivity (Wildman–Crippen MR) is 385 cm³/mol. The largest absolute Gasteiger partial charge is 0.490 e. The van der Waals surface area contributed by atoms with Crippen molar-refractivity contribution in [3.05, 3.63) is 68.3 Å². The monoisotopic (exact) mass is 1570 g/mol. The Hall–Kier alpha value is -11.9. The van der Waals surface area contributed by atoms with Gasteiger partial charge in [0.1, 0.15) is 60.1 Å². The van der Waals surface area contributed by atoms with E-state index in [9.17, 15) is 106 Å². The summed E-state index contributed by atoms with van der Waals surface area (Å²) in [4.78, 5) is 216. The van der Waals surface area contributed by atoms with Crippen molar-refractivity contribution < 1.29 is 105 Å². The zero-order valence-electron chi connectivity index (χ0n) is 59.9. The third-order valence-electron chi connectivity index (χ3n) is 16.2. The van der Waals surface area contributed by atoms with Gasteiger partial charge in [0.25, 0.3) is 17.3 Å². The fraction of sp³-hybridized carbons (Fsp3) is 0.556. The van der Waals surface area contributed by atoms with Crippen LogP contribution >= 0.6 is 11.8 Å². The summed E-state index contributed by atoms with van der Waals surface area (Å²) in [7, 11) is 0. The van der Waals surface area contributed by atoms with E-state index in [1.54, 1.807) is 32.2 Å². The minimum atomic E-state index is -5.08. The van der Waals surface area contributed by atoms with Crippen molar-refractivity contribution in [3.63, 3.8) is 0 Å². The van der Waals surface area contributed by atoms with Gasteiger partial charge in [-0.05, 0) is 107 Å². The molecular formula is C63H94F3N21O21S. The summed E-state index contributed by atoms with van der Waals surface area (Å²) in [6.07, 6.45) is -6.71. The molecule has 0 unspecified atom stereocenters. The highest BCUT2D eigenvalue weighted by molar-refractivity contribution is 7.98. The van der Waals surface area contributed by atoms with E-state index in [0.29, 0.717) is 6.42 Å². The number of carbonyl (C=O) groups is 14. The number of carboxylic acid groups (broad SMARTS) is 3. The maximum atomic E-state index is 14.6. The van der Waals surface area contributed by atoms with Crippen molar-refractivity contribution in [2.24, 2.45) is 44.6 Å². The lowest BCUT2D eigenvalue weighted by Crippen LogP contribution is -2.61. The van der Waals surface area contributed by atoms with Crippen LogP contribution < -0.4 is 87.6 Å². The van der Waals surface area contributed by atoms with Crippen molar-refractivity contribution in [2.75, 3.05) is 55.8 Å². The van der Waals surface area contributed by atoms with E-state index in [2.05, 4.69) is 63.2 Å². The first-order chi connectivity index (χ1) is 51.1. The first-order valence-corrected chi connectivity index (χ1v) is 35.2. The summed E-state index contributed by atoms with van der Waals surface area (Å²) in [6.45, 7) is 4.08. The van der Waals surface area contributed by atoms with Gasteiger partial charge < -0.3 is 108 Å². The zero-order valence-corrected chi connectivity index (χ0v) is 60.7. The maximum absolute atomic E-state index is 14.6. The van der Waals surface area contributed by atoms with E-state index in [1.807, 2.05) is 0 Å². The van der Waals surface area contributed by atoms with Gasteiger partial charge in [-0.15, -0.1) is 0 Å². The molecule has 0 aliphatic carbocycles. The van der Waals surface area contributed by atoms with E-state index in [0.717, 1.165) is 18.2 Å². The van der Waals surface area contributed by atoms with E-state index in [-0.39, 0.29) is 119 Å². The Morgan fingerprint density at radius 3 is 1.55 bits per heavy atom. The number of amides is 11. The molecule has 0 radical (unpaired) electrons. The van der Waals surface area contributed by atoms with Crippen LogP contribution in [0.2, 0.25) is 0 Å². The molecule has 10 atom stereocenters. The molecule has 42 nitrogen and oxygen atoms in total. The molecule has 25 N–H and O–H groups in total. The number of nitrogens with zero attached hydrogens (tertiary/aromatic N) is 5. The highest BCUT2D eigenvalue weighted by Gasteiger charge is 2.41. The lowest BCUT2D eigenvalue weighted by Gasteiger charge is -2.30. The van der Waals surface area contributed by atoms with E-state index >= 15 is 0 Å². The molecular weight excluding hydrogens is 1480 g/mol. The number of alkyl halides is 3. The number of likely N-dealkylation sites (tertiary alicyclic amines) is 1. The van der Waals surface area contributed by atoms with E-state index in [1.165, 1.54) is 35.7 Å². The average Bonchev–Trinajstić information content (AvgIpc) is 1.76. The standard InChI is InChI=1S/C61H93N21O19S.C2HF3O2/c1-5-32(2)49(79-56(94)42(20-23-48(86)87)76-54(92)41(19-22-47(84)85)77-57(95)44-15-10-29-80(44)59(97)33(3)72-50(88)35-11-6-7-12-36(35)62)58(96)78-43(24-30-102-4)55(93)74-38(13-8-25-70-60(64)65)52(90)73-39(14-9-26-71-61(66)67)53(91)75-40(18-21-46(63)83)51(89)69-28-27-68-37-17-16-34(81(98)99)31-45(37)82(100)101;3-2(4,5)1(6)7/h6-7,11-12,16-17,31-33,38-44,49,68H,5,8-10,13-15,18-30,62H2,1-4H3,(H2,63,83)(H,69,89)(H,72,88)(H,73,90)(H,74,93)(H,75,91)(H,76,92)(H,77,95)(H,78,96)(H,79,94)(H,84,85)(H,86,87)(H4,64,65,70)(H4,66,67,71);(H,6,7)/t32-,33-,38-,39-,40-,41-,42-,43-,44-,49-;/m0./s1. The smallest absolute Gasteiger partial charge is 0.481 e. The van der Waals surface area contributed by atoms with Gasteiger partial charge in [0.2, 0.25) is 59.1 Å². The number of hydrogen-bond acceptors (Lipinski definition) is 23. The average molecular weight is 1570 g/mol. The molecule has 0 spiro atoms. The van der Waals surface area contributed by atoms with Gasteiger partial charge >= 0.3 is 24.1 Å². The fourth-order valence-corrected chi connectivity index (χ4v) is 10.8. The molecule has 11 amide bonds. The highest BCUT2D eigenvalue weighted by atomic mass is 32.2. The molecule has 1 aliphatic heterocycles. The molecule has 0 aromatic heterocycles. The van der Waals surface area contributed by atoms with E-state index < -0.39 is 203 Å². The quantitative estimate of drug-likeness (QED) is 0.00804. The number of anilines is 2. The second kappa shape index (κ2) is 46.9.